The van der Waals surface area contributed by atoms with E-state index in [2.05, 4.69) is 10.6 Å². The Hall–Kier alpha value is -1.46. The third-order valence-electron chi connectivity index (χ3n) is 2.96. The monoisotopic (exact) mass is 300 g/mol. The lowest BCUT2D eigenvalue weighted by atomic mass is 10.1. The van der Waals surface area contributed by atoms with Gasteiger partial charge in [0.05, 0.1) is 12.8 Å². The van der Waals surface area contributed by atoms with Crippen molar-refractivity contribution in [2.75, 3.05) is 25.6 Å². The third kappa shape index (κ3) is 4.90. The van der Waals surface area contributed by atoms with E-state index in [1.54, 1.807) is 12.1 Å². The van der Waals surface area contributed by atoms with E-state index in [1.165, 1.54) is 7.11 Å². The molecule has 0 saturated heterocycles. The van der Waals surface area contributed by atoms with Crippen LogP contribution < -0.4 is 15.4 Å². The lowest BCUT2D eigenvalue weighted by Gasteiger charge is -2.14. The zero-order valence-corrected chi connectivity index (χ0v) is 12.8. The number of aliphatic hydroxyl groups is 1. The molecule has 0 fully saturated rings. The van der Waals surface area contributed by atoms with Crippen LogP contribution in [0.1, 0.15) is 18.9 Å². The molecule has 0 aliphatic heterocycles. The van der Waals surface area contributed by atoms with Crippen molar-refractivity contribution in [3.05, 3.63) is 22.7 Å². The maximum atomic E-state index is 11.8. The van der Waals surface area contributed by atoms with Crippen LogP contribution in [0.15, 0.2) is 12.1 Å². The van der Waals surface area contributed by atoms with Gasteiger partial charge in [0, 0.05) is 24.2 Å². The molecule has 0 aliphatic carbocycles. The number of carbonyl (C=O) groups excluding carboxylic acids is 1. The smallest absolute Gasteiger partial charge is 0.319 e. The Morgan fingerprint density at radius 2 is 2.20 bits per heavy atom. The van der Waals surface area contributed by atoms with E-state index in [0.717, 1.165) is 5.56 Å². The molecule has 1 aromatic carbocycles. The largest absolute Gasteiger partial charge is 0.495 e. The molecule has 0 heterocycles. The number of rotatable bonds is 6. The summed E-state index contributed by atoms with van der Waals surface area (Å²) < 4.78 is 5.19. The lowest BCUT2D eigenvalue weighted by Crippen LogP contribution is -2.32. The molecular formula is C14H21ClN2O3. The molecule has 0 spiro atoms. The van der Waals surface area contributed by atoms with Gasteiger partial charge >= 0.3 is 6.03 Å². The molecule has 6 heteroatoms. The molecule has 1 rings (SSSR count). The molecule has 112 valence electrons. The lowest BCUT2D eigenvalue weighted by molar-refractivity contribution is 0.243. The van der Waals surface area contributed by atoms with Gasteiger partial charge in [-0.05, 0) is 30.9 Å². The third-order valence-corrected chi connectivity index (χ3v) is 3.37. The summed E-state index contributed by atoms with van der Waals surface area (Å²) in [5.74, 6) is 0.735. The van der Waals surface area contributed by atoms with E-state index in [-0.39, 0.29) is 18.6 Å². The average Bonchev–Trinajstić information content (AvgIpc) is 2.40. The van der Waals surface area contributed by atoms with Crippen LogP contribution in [0, 0.1) is 12.8 Å². The molecule has 20 heavy (non-hydrogen) atoms. The van der Waals surface area contributed by atoms with Gasteiger partial charge in [0.25, 0.3) is 0 Å². The minimum atomic E-state index is -0.310. The topological polar surface area (TPSA) is 70.6 Å². The number of urea groups is 1. The van der Waals surface area contributed by atoms with Gasteiger partial charge in [0.1, 0.15) is 5.75 Å². The van der Waals surface area contributed by atoms with Crippen molar-refractivity contribution < 1.29 is 14.6 Å². The summed E-state index contributed by atoms with van der Waals surface area (Å²) in [6.45, 7) is 4.44. The number of anilines is 1. The van der Waals surface area contributed by atoms with Crippen LogP contribution >= 0.6 is 11.6 Å². The summed E-state index contributed by atoms with van der Waals surface area (Å²) in [5.41, 5.74) is 1.43. The van der Waals surface area contributed by atoms with Crippen molar-refractivity contribution in [1.29, 1.82) is 0 Å². The van der Waals surface area contributed by atoms with Gasteiger partial charge in [-0.1, -0.05) is 18.5 Å². The highest BCUT2D eigenvalue weighted by Gasteiger charge is 2.11. The van der Waals surface area contributed by atoms with E-state index < -0.39 is 0 Å². The summed E-state index contributed by atoms with van der Waals surface area (Å²) >= 11 is 6.01. The number of aliphatic hydroxyl groups excluding tert-OH is 1. The summed E-state index contributed by atoms with van der Waals surface area (Å²) in [6, 6.07) is 3.12. The van der Waals surface area contributed by atoms with Gasteiger partial charge in [-0.2, -0.15) is 0 Å². The molecular weight excluding hydrogens is 280 g/mol. The van der Waals surface area contributed by atoms with Crippen molar-refractivity contribution in [3.8, 4) is 5.75 Å². The summed E-state index contributed by atoms with van der Waals surface area (Å²) in [6.07, 6.45) is 0.656. The second-order valence-electron chi connectivity index (χ2n) is 4.75. The van der Waals surface area contributed by atoms with Crippen LogP contribution in [0.3, 0.4) is 0 Å². The number of hydrogen-bond donors (Lipinski definition) is 3. The van der Waals surface area contributed by atoms with Crippen LogP contribution in [-0.2, 0) is 0 Å². The first-order chi connectivity index (χ1) is 9.47. The number of ether oxygens (including phenoxy) is 1. The quantitative estimate of drug-likeness (QED) is 0.756. The average molecular weight is 301 g/mol. The van der Waals surface area contributed by atoms with Crippen LogP contribution in [0.25, 0.3) is 0 Å². The van der Waals surface area contributed by atoms with E-state index in [0.29, 0.717) is 29.4 Å². The minimum Gasteiger partial charge on any atom is -0.495 e. The zero-order chi connectivity index (χ0) is 15.1. The molecule has 1 unspecified atom stereocenters. The number of halogens is 1. The fourth-order valence-corrected chi connectivity index (χ4v) is 1.84. The van der Waals surface area contributed by atoms with E-state index in [9.17, 15) is 4.79 Å². The number of carbonyl (C=O) groups is 1. The number of aryl methyl sites for hydroxylation is 1. The van der Waals surface area contributed by atoms with Crippen LogP contribution in [-0.4, -0.2) is 31.4 Å². The van der Waals surface area contributed by atoms with Crippen molar-refractivity contribution >= 4 is 23.3 Å². The molecule has 0 aliphatic rings. The van der Waals surface area contributed by atoms with E-state index >= 15 is 0 Å². The van der Waals surface area contributed by atoms with Crippen molar-refractivity contribution in [2.24, 2.45) is 5.92 Å². The molecule has 0 radical (unpaired) electrons. The van der Waals surface area contributed by atoms with Gasteiger partial charge in [0.15, 0.2) is 0 Å². The molecule has 1 atom stereocenters. The predicted molar refractivity (Wildman–Crippen MR) is 80.6 cm³/mol. The Morgan fingerprint density at radius 1 is 1.50 bits per heavy atom. The molecule has 2 amide bonds. The molecule has 3 N–H and O–H groups in total. The highest BCUT2D eigenvalue weighted by Crippen LogP contribution is 2.30. The number of methoxy groups -OCH3 is 1. The van der Waals surface area contributed by atoms with Gasteiger partial charge in [-0.3, -0.25) is 0 Å². The van der Waals surface area contributed by atoms with Gasteiger partial charge in [0.2, 0.25) is 0 Å². The number of amides is 2. The zero-order valence-electron chi connectivity index (χ0n) is 12.0. The Bertz CT molecular complexity index is 466. The fourth-order valence-electron chi connectivity index (χ4n) is 1.69. The molecule has 5 nitrogen and oxygen atoms in total. The Labute approximate surface area is 124 Å². The van der Waals surface area contributed by atoms with E-state index in [4.69, 9.17) is 21.4 Å². The predicted octanol–water partition coefficient (Wildman–Crippen LogP) is 2.80. The first-order valence-electron chi connectivity index (χ1n) is 6.47. The van der Waals surface area contributed by atoms with Crippen molar-refractivity contribution in [1.82, 2.24) is 5.32 Å². The van der Waals surface area contributed by atoms with Gasteiger partial charge in [-0.25, -0.2) is 4.79 Å². The van der Waals surface area contributed by atoms with Crippen molar-refractivity contribution in [2.45, 2.75) is 20.3 Å². The number of hydrogen-bond acceptors (Lipinski definition) is 3. The Kier molecular flexibility index (Phi) is 6.61. The van der Waals surface area contributed by atoms with Gasteiger partial charge in [-0.15, -0.1) is 0 Å². The summed E-state index contributed by atoms with van der Waals surface area (Å²) in [4.78, 5) is 11.8. The summed E-state index contributed by atoms with van der Waals surface area (Å²) in [7, 11) is 1.52. The molecule has 1 aromatic rings. The maximum Gasteiger partial charge on any atom is 0.319 e. The molecule has 0 saturated carbocycles. The van der Waals surface area contributed by atoms with E-state index in [1.807, 2.05) is 13.8 Å². The van der Waals surface area contributed by atoms with Crippen molar-refractivity contribution in [3.63, 3.8) is 0 Å². The number of benzene rings is 1. The standard InChI is InChI=1S/C14H21ClN2O3/c1-9(4-5-18)8-16-14(19)17-12-6-10(2)11(15)7-13(12)20-3/h6-7,9,18H,4-5,8H2,1-3H3,(H2,16,17,19). The minimum absolute atomic E-state index is 0.120. The molecule has 0 aromatic heterocycles. The maximum absolute atomic E-state index is 11.8. The fraction of sp³-hybridized carbons (Fsp3) is 0.500. The Morgan fingerprint density at radius 3 is 2.80 bits per heavy atom. The van der Waals surface area contributed by atoms with Crippen LogP contribution in [0.2, 0.25) is 5.02 Å². The normalized spacial score (nSPS) is 11.8. The first kappa shape index (κ1) is 16.6. The summed E-state index contributed by atoms with van der Waals surface area (Å²) in [5, 5.41) is 14.9. The van der Waals surface area contributed by atoms with Crippen LogP contribution in [0.5, 0.6) is 5.75 Å². The highest BCUT2D eigenvalue weighted by atomic mass is 35.5. The second-order valence-corrected chi connectivity index (χ2v) is 5.16. The van der Waals surface area contributed by atoms with Gasteiger partial charge < -0.3 is 20.5 Å². The van der Waals surface area contributed by atoms with Crippen LogP contribution in [0.4, 0.5) is 10.5 Å². The second kappa shape index (κ2) is 7.97. The molecule has 0 bridgehead atoms. The Balaban J connectivity index is 2.64. The first-order valence-corrected chi connectivity index (χ1v) is 6.85. The number of nitrogens with one attached hydrogen (secondary N) is 2. The SMILES string of the molecule is COc1cc(Cl)c(C)cc1NC(=O)NCC(C)CCO. The highest BCUT2D eigenvalue weighted by molar-refractivity contribution is 6.31.